The summed E-state index contributed by atoms with van der Waals surface area (Å²) in [6.07, 6.45) is 1.94. The minimum Gasteiger partial charge on any atom is -0.369 e. The molecule has 1 atom stereocenters. The molecule has 0 amide bonds. The Morgan fingerprint density at radius 1 is 1.40 bits per heavy atom. The molecule has 4 heteroatoms. The van der Waals surface area contributed by atoms with E-state index in [2.05, 4.69) is 16.0 Å². The molecule has 0 spiro atoms. The van der Waals surface area contributed by atoms with Crippen molar-refractivity contribution in [2.24, 2.45) is 5.73 Å². The minimum atomic E-state index is 0.0240. The molecule has 3 nitrogen and oxygen atoms in total. The monoisotopic (exact) mass is 223 g/mol. The molecule has 1 saturated heterocycles. The number of anilines is 1. The maximum Gasteiger partial charge on any atom is 0.0569 e. The zero-order valence-electron chi connectivity index (χ0n) is 9.02. The highest BCUT2D eigenvalue weighted by atomic mass is 32.2. The Balaban J connectivity index is 2.08. The van der Waals surface area contributed by atoms with Gasteiger partial charge in [-0.15, -0.1) is 0 Å². The lowest BCUT2D eigenvalue weighted by Crippen LogP contribution is -2.32. The average Bonchev–Trinajstić information content (AvgIpc) is 2.30. The molecule has 82 valence electrons. The molecule has 1 aliphatic heterocycles. The SMILES string of the molecule is C[C@H](N)c1ccc(N2CCSCC2)cn1. The van der Waals surface area contributed by atoms with Gasteiger partial charge < -0.3 is 10.6 Å². The summed E-state index contributed by atoms with van der Waals surface area (Å²) in [5.74, 6) is 2.43. The summed E-state index contributed by atoms with van der Waals surface area (Å²) in [6.45, 7) is 4.22. The third-order valence-electron chi connectivity index (χ3n) is 2.61. The fourth-order valence-corrected chi connectivity index (χ4v) is 2.58. The first-order valence-electron chi connectivity index (χ1n) is 5.31. The van der Waals surface area contributed by atoms with E-state index in [-0.39, 0.29) is 6.04 Å². The molecule has 1 aromatic rings. The zero-order chi connectivity index (χ0) is 10.7. The molecule has 2 N–H and O–H groups in total. The van der Waals surface area contributed by atoms with Crippen molar-refractivity contribution < 1.29 is 0 Å². The van der Waals surface area contributed by atoms with E-state index in [4.69, 9.17) is 5.73 Å². The van der Waals surface area contributed by atoms with Crippen LogP contribution in [0.4, 0.5) is 5.69 Å². The smallest absolute Gasteiger partial charge is 0.0569 e. The summed E-state index contributed by atoms with van der Waals surface area (Å²) in [6, 6.07) is 4.18. The predicted molar refractivity (Wildman–Crippen MR) is 66.4 cm³/mol. The summed E-state index contributed by atoms with van der Waals surface area (Å²) in [7, 11) is 0. The van der Waals surface area contributed by atoms with Crippen LogP contribution >= 0.6 is 11.8 Å². The second-order valence-corrected chi connectivity index (χ2v) is 5.05. The number of rotatable bonds is 2. The summed E-state index contributed by atoms with van der Waals surface area (Å²) < 4.78 is 0. The van der Waals surface area contributed by atoms with Crippen molar-refractivity contribution in [3.8, 4) is 0 Å². The van der Waals surface area contributed by atoms with Crippen LogP contribution in [0.1, 0.15) is 18.7 Å². The first kappa shape index (κ1) is 10.8. The van der Waals surface area contributed by atoms with Crippen LogP contribution in [0.25, 0.3) is 0 Å². The fraction of sp³-hybridized carbons (Fsp3) is 0.545. The Morgan fingerprint density at radius 3 is 2.67 bits per heavy atom. The van der Waals surface area contributed by atoms with E-state index < -0.39 is 0 Å². The predicted octanol–water partition coefficient (Wildman–Crippen LogP) is 1.65. The van der Waals surface area contributed by atoms with Crippen LogP contribution in [0.15, 0.2) is 18.3 Å². The van der Waals surface area contributed by atoms with Crippen molar-refractivity contribution in [2.45, 2.75) is 13.0 Å². The molecule has 0 aliphatic carbocycles. The van der Waals surface area contributed by atoms with E-state index in [0.717, 1.165) is 18.8 Å². The molecule has 2 rings (SSSR count). The summed E-state index contributed by atoms with van der Waals surface area (Å²) in [4.78, 5) is 6.76. The Labute approximate surface area is 95.1 Å². The van der Waals surface area contributed by atoms with Crippen molar-refractivity contribution in [3.05, 3.63) is 24.0 Å². The number of thioether (sulfide) groups is 1. The normalized spacial score (nSPS) is 18.9. The molecule has 2 heterocycles. The molecule has 0 unspecified atom stereocenters. The molecule has 1 fully saturated rings. The highest BCUT2D eigenvalue weighted by Gasteiger charge is 2.11. The third kappa shape index (κ3) is 2.63. The van der Waals surface area contributed by atoms with Crippen LogP contribution in [-0.4, -0.2) is 29.6 Å². The molecule has 1 aliphatic rings. The van der Waals surface area contributed by atoms with Crippen LogP contribution in [0.5, 0.6) is 0 Å². The van der Waals surface area contributed by atoms with Gasteiger partial charge in [-0.25, -0.2) is 0 Å². The maximum atomic E-state index is 5.76. The average molecular weight is 223 g/mol. The number of hydrogen-bond donors (Lipinski definition) is 1. The van der Waals surface area contributed by atoms with E-state index in [0.29, 0.717) is 0 Å². The molecule has 0 aromatic carbocycles. The van der Waals surface area contributed by atoms with Crippen LogP contribution in [0, 0.1) is 0 Å². The molecular weight excluding hydrogens is 206 g/mol. The van der Waals surface area contributed by atoms with Crippen molar-refractivity contribution in [3.63, 3.8) is 0 Å². The molecule has 1 aromatic heterocycles. The van der Waals surface area contributed by atoms with Gasteiger partial charge in [-0.3, -0.25) is 4.98 Å². The van der Waals surface area contributed by atoms with Crippen LogP contribution in [-0.2, 0) is 0 Å². The Hall–Kier alpha value is -0.740. The minimum absolute atomic E-state index is 0.0240. The van der Waals surface area contributed by atoms with Crippen molar-refractivity contribution in [1.82, 2.24) is 4.98 Å². The Bertz CT molecular complexity index is 304. The number of nitrogens with two attached hydrogens (primary N) is 1. The lowest BCUT2D eigenvalue weighted by Gasteiger charge is -2.28. The van der Waals surface area contributed by atoms with Gasteiger partial charge in [0.2, 0.25) is 0 Å². The Kier molecular flexibility index (Phi) is 3.49. The maximum absolute atomic E-state index is 5.76. The lowest BCUT2D eigenvalue weighted by molar-refractivity contribution is 0.776. The zero-order valence-corrected chi connectivity index (χ0v) is 9.83. The van der Waals surface area contributed by atoms with E-state index >= 15 is 0 Å². The molecule has 0 saturated carbocycles. The molecule has 15 heavy (non-hydrogen) atoms. The second-order valence-electron chi connectivity index (χ2n) is 3.83. The van der Waals surface area contributed by atoms with Crippen LogP contribution in [0.3, 0.4) is 0 Å². The van der Waals surface area contributed by atoms with Gasteiger partial charge in [0, 0.05) is 30.6 Å². The number of aromatic nitrogens is 1. The summed E-state index contributed by atoms with van der Waals surface area (Å²) >= 11 is 2.02. The highest BCUT2D eigenvalue weighted by Crippen LogP contribution is 2.19. The summed E-state index contributed by atoms with van der Waals surface area (Å²) in [5, 5.41) is 0. The van der Waals surface area contributed by atoms with Crippen molar-refractivity contribution in [2.75, 3.05) is 29.5 Å². The third-order valence-corrected chi connectivity index (χ3v) is 3.56. The fourth-order valence-electron chi connectivity index (χ4n) is 1.68. The number of nitrogens with zero attached hydrogens (tertiary/aromatic N) is 2. The molecule has 0 radical (unpaired) electrons. The number of pyridine rings is 1. The van der Waals surface area contributed by atoms with Gasteiger partial charge in [-0.05, 0) is 19.1 Å². The van der Waals surface area contributed by atoms with Crippen molar-refractivity contribution in [1.29, 1.82) is 0 Å². The second kappa shape index (κ2) is 4.86. The van der Waals surface area contributed by atoms with Crippen LogP contribution < -0.4 is 10.6 Å². The van der Waals surface area contributed by atoms with Crippen LogP contribution in [0.2, 0.25) is 0 Å². The van der Waals surface area contributed by atoms with Gasteiger partial charge in [-0.1, -0.05) is 0 Å². The van der Waals surface area contributed by atoms with Crippen molar-refractivity contribution >= 4 is 17.4 Å². The quantitative estimate of drug-likeness (QED) is 0.828. The lowest BCUT2D eigenvalue weighted by atomic mass is 10.2. The molecular formula is C11H17N3S. The van der Waals surface area contributed by atoms with Gasteiger partial charge in [0.05, 0.1) is 17.6 Å². The van der Waals surface area contributed by atoms with E-state index in [1.54, 1.807) is 0 Å². The largest absolute Gasteiger partial charge is 0.369 e. The standard InChI is InChI=1S/C11H17N3S/c1-9(12)11-3-2-10(8-13-11)14-4-6-15-7-5-14/h2-3,8-9H,4-7,12H2,1H3/t9-/m0/s1. The van der Waals surface area contributed by atoms with E-state index in [1.165, 1.54) is 17.2 Å². The topological polar surface area (TPSA) is 42.1 Å². The summed E-state index contributed by atoms with van der Waals surface area (Å²) in [5.41, 5.74) is 7.95. The van der Waals surface area contributed by atoms with Gasteiger partial charge in [0.1, 0.15) is 0 Å². The van der Waals surface area contributed by atoms with E-state index in [1.807, 2.05) is 30.9 Å². The first-order chi connectivity index (χ1) is 7.27. The van der Waals surface area contributed by atoms with Gasteiger partial charge in [-0.2, -0.15) is 11.8 Å². The Morgan fingerprint density at radius 2 is 2.13 bits per heavy atom. The molecule has 0 bridgehead atoms. The van der Waals surface area contributed by atoms with E-state index in [9.17, 15) is 0 Å². The highest BCUT2D eigenvalue weighted by molar-refractivity contribution is 7.99. The van der Waals surface area contributed by atoms with Gasteiger partial charge in [0.15, 0.2) is 0 Å². The van der Waals surface area contributed by atoms with Gasteiger partial charge in [0.25, 0.3) is 0 Å². The number of hydrogen-bond acceptors (Lipinski definition) is 4. The van der Waals surface area contributed by atoms with Gasteiger partial charge >= 0.3 is 0 Å². The first-order valence-corrected chi connectivity index (χ1v) is 6.47.